The first-order valence-corrected chi connectivity index (χ1v) is 7.46. The van der Waals surface area contributed by atoms with Crippen LogP contribution in [0.1, 0.15) is 31.7 Å². The Balaban J connectivity index is 1.82. The molecular formula is C16H25N3O. The first kappa shape index (κ1) is 14.9. The first-order valence-electron chi connectivity index (χ1n) is 7.46. The molecule has 20 heavy (non-hydrogen) atoms. The van der Waals surface area contributed by atoms with Crippen molar-refractivity contribution in [3.8, 4) is 0 Å². The molecule has 0 saturated carbocycles. The van der Waals surface area contributed by atoms with E-state index >= 15 is 0 Å². The van der Waals surface area contributed by atoms with Crippen LogP contribution in [0.5, 0.6) is 0 Å². The van der Waals surface area contributed by atoms with E-state index in [4.69, 9.17) is 5.73 Å². The molecule has 1 unspecified atom stereocenters. The summed E-state index contributed by atoms with van der Waals surface area (Å²) in [6, 6.07) is 5.64. The standard InChI is InChI=1S/C16H25N3O/c1-3-4-13-7-8-19(10-13)11-16(20)18-14-6-5-12(2)15(17)9-14/h5-6,9,13H,3-4,7-8,10-11,17H2,1-2H3,(H,18,20). The molecule has 1 fully saturated rings. The van der Waals surface area contributed by atoms with Crippen LogP contribution < -0.4 is 11.1 Å². The molecule has 110 valence electrons. The van der Waals surface area contributed by atoms with Gasteiger partial charge in [-0.15, -0.1) is 0 Å². The van der Waals surface area contributed by atoms with Crippen molar-refractivity contribution in [1.29, 1.82) is 0 Å². The highest BCUT2D eigenvalue weighted by atomic mass is 16.2. The van der Waals surface area contributed by atoms with Crippen molar-refractivity contribution in [2.75, 3.05) is 30.7 Å². The summed E-state index contributed by atoms with van der Waals surface area (Å²) in [5.41, 5.74) is 8.38. The minimum absolute atomic E-state index is 0.0467. The van der Waals surface area contributed by atoms with Gasteiger partial charge in [0.05, 0.1) is 6.54 Å². The van der Waals surface area contributed by atoms with Gasteiger partial charge in [-0.2, -0.15) is 0 Å². The molecule has 0 radical (unpaired) electrons. The summed E-state index contributed by atoms with van der Waals surface area (Å²) in [6.07, 6.45) is 3.72. The molecule has 1 saturated heterocycles. The van der Waals surface area contributed by atoms with Crippen molar-refractivity contribution < 1.29 is 4.79 Å². The van der Waals surface area contributed by atoms with Gasteiger partial charge in [0.15, 0.2) is 0 Å². The van der Waals surface area contributed by atoms with Crippen molar-refractivity contribution in [3.05, 3.63) is 23.8 Å². The lowest BCUT2D eigenvalue weighted by atomic mass is 10.0. The Morgan fingerprint density at radius 1 is 1.50 bits per heavy atom. The number of amides is 1. The van der Waals surface area contributed by atoms with E-state index in [0.29, 0.717) is 12.2 Å². The average molecular weight is 275 g/mol. The number of hydrogen-bond donors (Lipinski definition) is 2. The number of nitrogen functional groups attached to an aromatic ring is 1. The molecule has 1 atom stereocenters. The number of nitrogens with zero attached hydrogens (tertiary/aromatic N) is 1. The molecule has 0 spiro atoms. The van der Waals surface area contributed by atoms with Crippen molar-refractivity contribution in [3.63, 3.8) is 0 Å². The summed E-state index contributed by atoms with van der Waals surface area (Å²) in [6.45, 7) is 6.75. The molecule has 1 amide bonds. The second-order valence-corrected chi connectivity index (χ2v) is 5.80. The number of hydrogen-bond acceptors (Lipinski definition) is 3. The first-order chi connectivity index (χ1) is 9.58. The van der Waals surface area contributed by atoms with Gasteiger partial charge in [0.1, 0.15) is 0 Å². The van der Waals surface area contributed by atoms with E-state index in [0.717, 1.165) is 30.3 Å². The smallest absolute Gasteiger partial charge is 0.238 e. The Labute approximate surface area is 121 Å². The lowest BCUT2D eigenvalue weighted by Gasteiger charge is -2.16. The van der Waals surface area contributed by atoms with E-state index in [2.05, 4.69) is 17.1 Å². The van der Waals surface area contributed by atoms with Crippen molar-refractivity contribution in [2.24, 2.45) is 5.92 Å². The molecule has 1 heterocycles. The maximum absolute atomic E-state index is 12.0. The number of likely N-dealkylation sites (tertiary alicyclic amines) is 1. The van der Waals surface area contributed by atoms with Gasteiger partial charge in [-0.1, -0.05) is 19.4 Å². The van der Waals surface area contributed by atoms with Gasteiger partial charge >= 0.3 is 0 Å². The molecule has 1 aromatic carbocycles. The van der Waals surface area contributed by atoms with Gasteiger partial charge in [-0.3, -0.25) is 9.69 Å². The van der Waals surface area contributed by atoms with Gasteiger partial charge in [0, 0.05) is 17.9 Å². The number of carbonyl (C=O) groups is 1. The fourth-order valence-corrected chi connectivity index (χ4v) is 2.82. The second kappa shape index (κ2) is 6.75. The molecule has 1 aromatic rings. The zero-order chi connectivity index (χ0) is 14.5. The molecular weight excluding hydrogens is 250 g/mol. The number of aryl methyl sites for hydroxylation is 1. The number of nitrogens with two attached hydrogens (primary N) is 1. The number of carbonyl (C=O) groups excluding carboxylic acids is 1. The highest BCUT2D eigenvalue weighted by molar-refractivity contribution is 5.92. The molecule has 4 nitrogen and oxygen atoms in total. The predicted molar refractivity (Wildman–Crippen MR) is 83.7 cm³/mol. The molecule has 0 aromatic heterocycles. The summed E-state index contributed by atoms with van der Waals surface area (Å²) in [7, 11) is 0. The Hall–Kier alpha value is -1.55. The van der Waals surface area contributed by atoms with Gasteiger partial charge in [0.2, 0.25) is 5.91 Å². The summed E-state index contributed by atoms with van der Waals surface area (Å²) >= 11 is 0. The van der Waals surface area contributed by atoms with Crippen LogP contribution in [0.3, 0.4) is 0 Å². The molecule has 0 bridgehead atoms. The van der Waals surface area contributed by atoms with Crippen LogP contribution in [-0.4, -0.2) is 30.4 Å². The largest absolute Gasteiger partial charge is 0.398 e. The van der Waals surface area contributed by atoms with Gasteiger partial charge in [-0.25, -0.2) is 0 Å². The minimum atomic E-state index is 0.0467. The van der Waals surface area contributed by atoms with Crippen molar-refractivity contribution >= 4 is 17.3 Å². The topological polar surface area (TPSA) is 58.4 Å². The Morgan fingerprint density at radius 2 is 2.30 bits per heavy atom. The molecule has 1 aliphatic heterocycles. The number of rotatable bonds is 5. The quantitative estimate of drug-likeness (QED) is 0.812. The summed E-state index contributed by atoms with van der Waals surface area (Å²) in [4.78, 5) is 14.3. The zero-order valence-corrected chi connectivity index (χ0v) is 12.5. The maximum atomic E-state index is 12.0. The van der Waals surface area contributed by atoms with Gasteiger partial charge in [-0.05, 0) is 49.9 Å². The Kier molecular flexibility index (Phi) is 5.01. The molecule has 4 heteroatoms. The van der Waals surface area contributed by atoms with Crippen LogP contribution in [0.15, 0.2) is 18.2 Å². The summed E-state index contributed by atoms with van der Waals surface area (Å²) in [5.74, 6) is 0.813. The minimum Gasteiger partial charge on any atom is -0.398 e. The highest BCUT2D eigenvalue weighted by Crippen LogP contribution is 2.21. The molecule has 1 aliphatic rings. The van der Waals surface area contributed by atoms with Crippen LogP contribution in [0.2, 0.25) is 0 Å². The number of nitrogens with one attached hydrogen (secondary N) is 1. The zero-order valence-electron chi connectivity index (χ0n) is 12.5. The normalized spacial score (nSPS) is 19.2. The number of benzene rings is 1. The van der Waals surface area contributed by atoms with Crippen LogP contribution in [0.4, 0.5) is 11.4 Å². The van der Waals surface area contributed by atoms with E-state index in [-0.39, 0.29) is 5.91 Å². The van der Waals surface area contributed by atoms with Crippen LogP contribution in [0, 0.1) is 12.8 Å². The van der Waals surface area contributed by atoms with E-state index < -0.39 is 0 Å². The lowest BCUT2D eigenvalue weighted by molar-refractivity contribution is -0.117. The van der Waals surface area contributed by atoms with Crippen LogP contribution in [0.25, 0.3) is 0 Å². The van der Waals surface area contributed by atoms with Crippen molar-refractivity contribution in [1.82, 2.24) is 4.90 Å². The molecule has 3 N–H and O–H groups in total. The molecule has 2 rings (SSSR count). The summed E-state index contributed by atoms with van der Waals surface area (Å²) < 4.78 is 0. The van der Waals surface area contributed by atoms with E-state index in [1.807, 2.05) is 25.1 Å². The molecule has 0 aliphatic carbocycles. The SMILES string of the molecule is CCCC1CCN(CC(=O)Nc2ccc(C)c(N)c2)C1. The van der Waals surface area contributed by atoms with Gasteiger partial charge in [0.25, 0.3) is 0 Å². The third-order valence-corrected chi connectivity index (χ3v) is 4.00. The fourth-order valence-electron chi connectivity index (χ4n) is 2.82. The lowest BCUT2D eigenvalue weighted by Crippen LogP contribution is -2.31. The predicted octanol–water partition coefficient (Wildman–Crippen LogP) is 2.64. The van der Waals surface area contributed by atoms with E-state index in [1.165, 1.54) is 19.3 Å². The third kappa shape index (κ3) is 3.97. The van der Waals surface area contributed by atoms with E-state index in [9.17, 15) is 4.79 Å². The van der Waals surface area contributed by atoms with Crippen LogP contribution in [-0.2, 0) is 4.79 Å². The van der Waals surface area contributed by atoms with Gasteiger partial charge < -0.3 is 11.1 Å². The highest BCUT2D eigenvalue weighted by Gasteiger charge is 2.23. The number of anilines is 2. The monoisotopic (exact) mass is 275 g/mol. The summed E-state index contributed by atoms with van der Waals surface area (Å²) in [5, 5.41) is 2.92. The van der Waals surface area contributed by atoms with E-state index in [1.54, 1.807) is 0 Å². The second-order valence-electron chi connectivity index (χ2n) is 5.80. The average Bonchev–Trinajstić information content (AvgIpc) is 2.81. The van der Waals surface area contributed by atoms with Crippen LogP contribution >= 0.6 is 0 Å². The third-order valence-electron chi connectivity index (χ3n) is 4.00. The maximum Gasteiger partial charge on any atom is 0.238 e. The Morgan fingerprint density at radius 3 is 3.00 bits per heavy atom. The fraction of sp³-hybridized carbons (Fsp3) is 0.562. The van der Waals surface area contributed by atoms with Crippen molar-refractivity contribution in [2.45, 2.75) is 33.1 Å². The Bertz CT molecular complexity index is 473.